The van der Waals surface area contributed by atoms with E-state index in [4.69, 9.17) is 0 Å². The van der Waals surface area contributed by atoms with Crippen LogP contribution >= 0.6 is 0 Å². The molecule has 0 spiro atoms. The van der Waals surface area contributed by atoms with Crippen molar-refractivity contribution < 1.29 is 26.3 Å². The van der Waals surface area contributed by atoms with Gasteiger partial charge in [-0.3, -0.25) is 0 Å². The van der Waals surface area contributed by atoms with Gasteiger partial charge < -0.3 is 9.13 Å². The minimum Gasteiger partial charge on any atom is -0.309 e. The van der Waals surface area contributed by atoms with Crippen molar-refractivity contribution >= 4 is 43.6 Å². The molecule has 0 N–H and O–H groups in total. The molecule has 58 heavy (non-hydrogen) atoms. The van der Waals surface area contributed by atoms with Crippen LogP contribution in [0.2, 0.25) is 0 Å². The topological polar surface area (TPSA) is 81.2 Å². The van der Waals surface area contributed by atoms with Crippen molar-refractivity contribution in [2.75, 3.05) is 0 Å². The van der Waals surface area contributed by atoms with Gasteiger partial charge in [-0.2, -0.15) is 42.1 Å². The van der Waals surface area contributed by atoms with Crippen molar-refractivity contribution in [1.82, 2.24) is 9.13 Å². The number of fused-ring (bicyclic) bond motifs is 6. The van der Waals surface area contributed by atoms with Crippen LogP contribution in [-0.4, -0.2) is 9.13 Å². The maximum atomic E-state index is 14.6. The van der Waals surface area contributed by atoms with Gasteiger partial charge in [0.2, 0.25) is 0 Å². The Bertz CT molecular complexity index is 3310. The third-order valence-corrected chi connectivity index (χ3v) is 10.5. The minimum absolute atomic E-state index is 0.0254. The van der Waals surface area contributed by atoms with Crippen LogP contribution in [0.5, 0.6) is 0 Å². The van der Waals surface area contributed by atoms with Gasteiger partial charge in [0.05, 0.1) is 73.8 Å². The monoisotopic (exact) mass is 771 g/mol. The van der Waals surface area contributed by atoms with Crippen molar-refractivity contribution in [3.63, 3.8) is 0 Å². The molecular formula is C47H23F6N5. The first kappa shape index (κ1) is 35.9. The molecule has 0 saturated heterocycles. The van der Waals surface area contributed by atoms with Crippen molar-refractivity contribution in [3.05, 3.63) is 167 Å². The van der Waals surface area contributed by atoms with Crippen LogP contribution in [0.1, 0.15) is 27.8 Å². The maximum absolute atomic E-state index is 14.6. The van der Waals surface area contributed by atoms with Crippen LogP contribution in [0, 0.1) is 34.0 Å². The van der Waals surface area contributed by atoms with Crippen LogP contribution < -0.4 is 0 Å². The molecule has 0 aliphatic rings. The van der Waals surface area contributed by atoms with Gasteiger partial charge in [0, 0.05) is 38.4 Å². The fraction of sp³-hybridized carbons (Fsp3) is 0.0426. The molecule has 0 amide bonds. The van der Waals surface area contributed by atoms with E-state index >= 15 is 0 Å². The van der Waals surface area contributed by atoms with E-state index in [0.29, 0.717) is 50.7 Å². The number of benzene rings is 7. The molecule has 0 unspecified atom stereocenters. The Morgan fingerprint density at radius 3 is 1.60 bits per heavy atom. The van der Waals surface area contributed by atoms with Gasteiger partial charge in [0.15, 0.2) is 0 Å². The molecule has 0 bridgehead atoms. The smallest absolute Gasteiger partial charge is 0.309 e. The summed E-state index contributed by atoms with van der Waals surface area (Å²) < 4.78 is 88.9. The third kappa shape index (κ3) is 5.70. The minimum atomic E-state index is -5.14. The number of nitrogens with zero attached hydrogens (tertiary/aromatic N) is 5. The van der Waals surface area contributed by atoms with Crippen molar-refractivity contribution in [2.45, 2.75) is 12.4 Å². The van der Waals surface area contributed by atoms with Crippen molar-refractivity contribution in [1.29, 1.82) is 15.8 Å². The molecular weight excluding hydrogens is 749 g/mol. The second-order valence-electron chi connectivity index (χ2n) is 13.7. The van der Waals surface area contributed by atoms with Gasteiger partial charge in [-0.25, -0.2) is 0 Å². The molecule has 0 fully saturated rings. The highest BCUT2D eigenvalue weighted by Crippen LogP contribution is 2.45. The second kappa shape index (κ2) is 13.2. The molecule has 7 aromatic carbocycles. The Morgan fingerprint density at radius 2 is 1.02 bits per heavy atom. The highest BCUT2D eigenvalue weighted by molar-refractivity contribution is 6.11. The summed E-state index contributed by atoms with van der Waals surface area (Å²) in [6.07, 6.45) is -10.2. The molecule has 278 valence electrons. The van der Waals surface area contributed by atoms with Crippen molar-refractivity contribution in [2.24, 2.45) is 0 Å². The number of aromatic nitrogens is 2. The molecule has 0 radical (unpaired) electrons. The lowest BCUT2D eigenvalue weighted by molar-refractivity contribution is -0.142. The first-order chi connectivity index (χ1) is 27.9. The van der Waals surface area contributed by atoms with E-state index in [2.05, 4.69) is 18.2 Å². The number of rotatable bonds is 4. The first-order valence-corrected chi connectivity index (χ1v) is 17.7. The Morgan fingerprint density at radius 1 is 0.431 bits per heavy atom. The van der Waals surface area contributed by atoms with Crippen LogP contribution in [0.3, 0.4) is 0 Å². The van der Waals surface area contributed by atoms with E-state index in [0.717, 1.165) is 38.6 Å². The zero-order chi connectivity index (χ0) is 40.5. The molecule has 11 heteroatoms. The molecule has 2 aromatic heterocycles. The molecule has 0 atom stereocenters. The standard InChI is InChI=1S/C47H23F6N5/c48-46(49,50)31-13-15-33(40(22-31)47(51,52)53)29-12-18-45(58-42-8-4-2-6-35(42)38-20-28(25-55)10-17-44(38)58)39(21-29)36-23-32(14-11-30(36)26-56)57-41-7-3-1-5-34(41)37-19-27(24-54)9-16-43(37)57/h1-23H. The zero-order valence-corrected chi connectivity index (χ0v) is 29.8. The van der Waals surface area contributed by atoms with Gasteiger partial charge >= 0.3 is 12.4 Å². The quantitative estimate of drug-likeness (QED) is 0.167. The third-order valence-electron chi connectivity index (χ3n) is 10.5. The predicted octanol–water partition coefficient (Wildman–Crippen LogP) is 12.9. The normalized spacial score (nSPS) is 11.9. The van der Waals surface area contributed by atoms with Gasteiger partial charge in [-0.1, -0.05) is 48.5 Å². The molecule has 0 aliphatic heterocycles. The van der Waals surface area contributed by atoms with E-state index in [9.17, 15) is 42.1 Å². The fourth-order valence-electron chi connectivity index (χ4n) is 7.94. The molecule has 9 aromatic rings. The number of halogens is 6. The van der Waals surface area contributed by atoms with Gasteiger partial charge in [-0.15, -0.1) is 0 Å². The molecule has 5 nitrogen and oxygen atoms in total. The Balaban J connectivity index is 1.38. The lowest BCUT2D eigenvalue weighted by atomic mass is 9.91. The van der Waals surface area contributed by atoms with Crippen LogP contribution in [0.4, 0.5) is 26.3 Å². The Labute approximate surface area is 325 Å². The van der Waals surface area contributed by atoms with Gasteiger partial charge in [0.25, 0.3) is 0 Å². The van der Waals surface area contributed by atoms with E-state index < -0.39 is 29.0 Å². The highest BCUT2D eigenvalue weighted by atomic mass is 19.4. The summed E-state index contributed by atoms with van der Waals surface area (Å²) in [6, 6.07) is 43.4. The Hall–Kier alpha value is -7.81. The second-order valence-corrected chi connectivity index (χ2v) is 13.7. The highest BCUT2D eigenvalue weighted by Gasteiger charge is 2.38. The maximum Gasteiger partial charge on any atom is 0.417 e. The predicted molar refractivity (Wildman–Crippen MR) is 210 cm³/mol. The largest absolute Gasteiger partial charge is 0.417 e. The summed E-state index contributed by atoms with van der Waals surface area (Å²) in [4.78, 5) is 0. The summed E-state index contributed by atoms with van der Waals surface area (Å²) in [5.74, 6) is 0. The van der Waals surface area contributed by atoms with Crippen LogP contribution in [0.15, 0.2) is 140 Å². The number of nitriles is 3. The van der Waals surface area contributed by atoms with Gasteiger partial charge in [-0.05, 0) is 102 Å². The van der Waals surface area contributed by atoms with E-state index in [1.807, 2.05) is 63.7 Å². The summed E-state index contributed by atoms with van der Waals surface area (Å²) >= 11 is 0. The van der Waals surface area contributed by atoms with Crippen LogP contribution in [0.25, 0.3) is 77.2 Å². The van der Waals surface area contributed by atoms with Crippen LogP contribution in [-0.2, 0) is 12.4 Å². The van der Waals surface area contributed by atoms with E-state index in [1.54, 1.807) is 54.6 Å². The summed E-state index contributed by atoms with van der Waals surface area (Å²) in [7, 11) is 0. The Kier molecular flexibility index (Phi) is 8.13. The first-order valence-electron chi connectivity index (χ1n) is 17.7. The molecule has 0 saturated carbocycles. The number of alkyl halides is 6. The zero-order valence-electron chi connectivity index (χ0n) is 29.8. The molecule has 9 rings (SSSR count). The lowest BCUT2D eigenvalue weighted by Crippen LogP contribution is -2.12. The summed E-state index contributed by atoms with van der Waals surface area (Å²) in [5, 5.41) is 33.2. The fourth-order valence-corrected chi connectivity index (χ4v) is 7.94. The number of para-hydroxylation sites is 2. The molecule has 0 aliphatic carbocycles. The SMILES string of the molecule is N#Cc1ccc2c(c1)c1ccccc1n2-c1ccc(C#N)c(-c2cc(-c3ccc(C(F)(F)F)cc3C(F)(F)F)ccc2-n2c3ccccc3c3cc(C#N)ccc32)c1. The van der Waals surface area contributed by atoms with Crippen molar-refractivity contribution in [3.8, 4) is 51.8 Å². The van der Waals surface area contributed by atoms with E-state index in [-0.39, 0.29) is 17.2 Å². The average molecular weight is 772 g/mol. The van der Waals surface area contributed by atoms with E-state index in [1.165, 1.54) is 12.1 Å². The number of hydrogen-bond acceptors (Lipinski definition) is 3. The summed E-state index contributed by atoms with van der Waals surface area (Å²) in [5.41, 5.74) is 2.35. The number of hydrogen-bond donors (Lipinski definition) is 0. The summed E-state index contributed by atoms with van der Waals surface area (Å²) in [6.45, 7) is 0. The molecule has 2 heterocycles. The lowest BCUT2D eigenvalue weighted by Gasteiger charge is -2.20. The average Bonchev–Trinajstić information content (AvgIpc) is 3.74. The van der Waals surface area contributed by atoms with Gasteiger partial charge in [0.1, 0.15) is 0 Å².